The van der Waals surface area contributed by atoms with Crippen molar-refractivity contribution < 1.29 is 19.6 Å². The number of rotatable bonds is 7. The number of fused-ring (bicyclic) bond motifs is 1. The van der Waals surface area contributed by atoms with E-state index in [4.69, 9.17) is 0 Å². The molecule has 2 amide bonds. The van der Waals surface area contributed by atoms with Gasteiger partial charge in [0, 0.05) is 24.2 Å². The topological polar surface area (TPSA) is 134 Å². The van der Waals surface area contributed by atoms with Gasteiger partial charge in [-0.1, -0.05) is 24.3 Å². The van der Waals surface area contributed by atoms with Crippen molar-refractivity contribution in [3.8, 4) is 5.75 Å². The quantitative estimate of drug-likeness (QED) is 0.217. The molecule has 1 atom stereocenters. The summed E-state index contributed by atoms with van der Waals surface area (Å²) in [6.45, 7) is 0. The Hall–Kier alpha value is -4.31. The standard InChI is InChI=1S/C23H18N4O5S/c28-17-11-7-15(8-12-17)24-21(29)19(13-14-5-9-16(10-6-14)27(31)32)25-22(30)23-26-18-3-1-2-4-20(18)33-23/h1-12,19,28H,13H2,(H,24,29)(H,25,30). The number of carbonyl (C=O) groups is 2. The number of phenolic OH excluding ortho intramolecular Hbond substituents is 1. The van der Waals surface area contributed by atoms with Gasteiger partial charge in [0.05, 0.1) is 15.1 Å². The summed E-state index contributed by atoms with van der Waals surface area (Å²) in [7, 11) is 0. The fourth-order valence-electron chi connectivity index (χ4n) is 3.16. The summed E-state index contributed by atoms with van der Waals surface area (Å²) in [5.74, 6) is -0.919. The molecule has 0 bridgehead atoms. The molecule has 0 spiro atoms. The highest BCUT2D eigenvalue weighted by molar-refractivity contribution is 7.20. The molecule has 1 unspecified atom stereocenters. The van der Waals surface area contributed by atoms with Gasteiger partial charge >= 0.3 is 0 Å². The van der Waals surface area contributed by atoms with Crippen LogP contribution in [0.4, 0.5) is 11.4 Å². The van der Waals surface area contributed by atoms with Gasteiger partial charge in [-0.25, -0.2) is 4.98 Å². The van der Waals surface area contributed by atoms with E-state index in [0.717, 1.165) is 4.70 Å². The number of anilines is 1. The van der Waals surface area contributed by atoms with E-state index >= 15 is 0 Å². The van der Waals surface area contributed by atoms with Crippen LogP contribution in [0.2, 0.25) is 0 Å². The Morgan fingerprint density at radius 1 is 1.03 bits per heavy atom. The second kappa shape index (κ2) is 9.45. The van der Waals surface area contributed by atoms with Gasteiger partial charge in [0.2, 0.25) is 5.91 Å². The highest BCUT2D eigenvalue weighted by atomic mass is 32.1. The number of nitro benzene ring substituents is 1. The van der Waals surface area contributed by atoms with Crippen molar-refractivity contribution in [3.63, 3.8) is 0 Å². The third-order valence-electron chi connectivity index (χ3n) is 4.83. The van der Waals surface area contributed by atoms with Gasteiger partial charge in [0.25, 0.3) is 11.6 Å². The van der Waals surface area contributed by atoms with E-state index in [0.29, 0.717) is 16.8 Å². The number of hydrogen-bond donors (Lipinski definition) is 3. The van der Waals surface area contributed by atoms with Gasteiger partial charge in [-0.3, -0.25) is 19.7 Å². The first-order valence-electron chi connectivity index (χ1n) is 9.89. The average Bonchev–Trinajstić information content (AvgIpc) is 3.25. The number of aromatic hydroxyl groups is 1. The van der Waals surface area contributed by atoms with Gasteiger partial charge < -0.3 is 15.7 Å². The molecule has 9 nitrogen and oxygen atoms in total. The van der Waals surface area contributed by atoms with Crippen LogP contribution in [0.5, 0.6) is 5.75 Å². The number of benzene rings is 3. The highest BCUT2D eigenvalue weighted by Crippen LogP contribution is 2.22. The number of carbonyl (C=O) groups excluding carboxylic acids is 2. The summed E-state index contributed by atoms with van der Waals surface area (Å²) >= 11 is 1.22. The van der Waals surface area contributed by atoms with Crippen molar-refractivity contribution in [1.29, 1.82) is 0 Å². The molecular weight excluding hydrogens is 444 g/mol. The number of aromatic nitrogens is 1. The molecule has 1 aromatic heterocycles. The zero-order chi connectivity index (χ0) is 23.4. The lowest BCUT2D eigenvalue weighted by atomic mass is 10.0. The van der Waals surface area contributed by atoms with Gasteiger partial charge in [-0.2, -0.15) is 0 Å². The number of non-ortho nitro benzene ring substituents is 1. The minimum atomic E-state index is -0.972. The van der Waals surface area contributed by atoms with E-state index in [-0.39, 0.29) is 22.9 Å². The van der Waals surface area contributed by atoms with Crippen molar-refractivity contribution in [2.24, 2.45) is 0 Å². The summed E-state index contributed by atoms with van der Waals surface area (Å²) in [4.78, 5) is 40.6. The Bertz CT molecular complexity index is 1290. The number of thiazole rings is 1. The molecule has 33 heavy (non-hydrogen) atoms. The fraction of sp³-hybridized carbons (Fsp3) is 0.0870. The van der Waals surface area contributed by atoms with E-state index < -0.39 is 22.8 Å². The molecule has 0 radical (unpaired) electrons. The summed E-state index contributed by atoms with van der Waals surface area (Å²) in [6, 6.07) is 18.1. The maximum atomic E-state index is 13.0. The fourth-order valence-corrected chi connectivity index (χ4v) is 4.03. The van der Waals surface area contributed by atoms with E-state index in [1.165, 1.54) is 47.7 Å². The Balaban J connectivity index is 1.56. The van der Waals surface area contributed by atoms with Crippen LogP contribution in [0.1, 0.15) is 15.4 Å². The molecule has 0 aliphatic rings. The molecule has 0 fully saturated rings. The Morgan fingerprint density at radius 2 is 1.73 bits per heavy atom. The van der Waals surface area contributed by atoms with Gasteiger partial charge in [0.15, 0.2) is 5.01 Å². The van der Waals surface area contributed by atoms with Gasteiger partial charge in [-0.05, 0) is 42.0 Å². The van der Waals surface area contributed by atoms with Crippen molar-refractivity contribution in [2.75, 3.05) is 5.32 Å². The minimum Gasteiger partial charge on any atom is -0.508 e. The largest absolute Gasteiger partial charge is 0.508 e. The summed E-state index contributed by atoms with van der Waals surface area (Å²) < 4.78 is 0.850. The molecule has 3 aromatic carbocycles. The molecule has 3 N–H and O–H groups in total. The van der Waals surface area contributed by atoms with E-state index in [2.05, 4.69) is 15.6 Å². The number of hydrogen-bond acceptors (Lipinski definition) is 7. The van der Waals surface area contributed by atoms with E-state index in [9.17, 15) is 24.8 Å². The second-order valence-corrected chi connectivity index (χ2v) is 8.21. The first-order chi connectivity index (χ1) is 15.9. The van der Waals surface area contributed by atoms with Crippen molar-refractivity contribution >= 4 is 44.7 Å². The maximum Gasteiger partial charge on any atom is 0.280 e. The minimum absolute atomic E-state index is 0.0552. The third-order valence-corrected chi connectivity index (χ3v) is 5.87. The SMILES string of the molecule is O=C(NC(Cc1ccc([N+](=O)[O-])cc1)C(=O)Nc1ccc(O)cc1)c1nc2ccccc2s1. The first kappa shape index (κ1) is 21.9. The average molecular weight is 462 g/mol. The molecule has 4 rings (SSSR count). The molecule has 0 saturated carbocycles. The molecule has 1 heterocycles. The van der Waals surface area contributed by atoms with Crippen LogP contribution in [0, 0.1) is 10.1 Å². The predicted molar refractivity (Wildman–Crippen MR) is 124 cm³/mol. The van der Waals surface area contributed by atoms with Gasteiger partial charge in [0.1, 0.15) is 11.8 Å². The molecule has 10 heteroatoms. The zero-order valence-corrected chi connectivity index (χ0v) is 17.9. The smallest absolute Gasteiger partial charge is 0.280 e. The lowest BCUT2D eigenvalue weighted by Gasteiger charge is -2.18. The summed E-state index contributed by atoms with van der Waals surface area (Å²) in [6.07, 6.45) is 0.110. The van der Waals surface area contributed by atoms with Crippen LogP contribution >= 0.6 is 11.3 Å². The predicted octanol–water partition coefficient (Wildman–Crippen LogP) is 3.89. The Morgan fingerprint density at radius 3 is 2.39 bits per heavy atom. The molecule has 0 aliphatic heterocycles. The van der Waals surface area contributed by atoms with E-state index in [1.807, 2.05) is 18.2 Å². The number of para-hydroxylation sites is 1. The Kier molecular flexibility index (Phi) is 6.27. The third kappa shape index (κ3) is 5.31. The zero-order valence-electron chi connectivity index (χ0n) is 17.1. The van der Waals surface area contributed by atoms with Crippen molar-refractivity contribution in [3.05, 3.63) is 93.5 Å². The van der Waals surface area contributed by atoms with Crippen LogP contribution in [0.15, 0.2) is 72.8 Å². The normalized spacial score (nSPS) is 11.6. The first-order valence-corrected chi connectivity index (χ1v) is 10.7. The van der Waals surface area contributed by atoms with Crippen LogP contribution in [0.3, 0.4) is 0 Å². The summed E-state index contributed by atoms with van der Waals surface area (Å²) in [5, 5.41) is 26.0. The monoisotopic (exact) mass is 462 g/mol. The number of amides is 2. The number of nitrogens with zero attached hydrogens (tertiary/aromatic N) is 2. The lowest BCUT2D eigenvalue weighted by Crippen LogP contribution is -2.45. The number of phenols is 1. The number of nitrogens with one attached hydrogen (secondary N) is 2. The van der Waals surface area contributed by atoms with E-state index in [1.54, 1.807) is 18.2 Å². The Labute approximate surface area is 191 Å². The molecule has 166 valence electrons. The highest BCUT2D eigenvalue weighted by Gasteiger charge is 2.24. The van der Waals surface area contributed by atoms with Crippen LogP contribution in [-0.4, -0.2) is 32.9 Å². The summed E-state index contributed by atoms with van der Waals surface area (Å²) in [5.41, 5.74) is 1.70. The van der Waals surface area contributed by atoms with Crippen molar-refractivity contribution in [1.82, 2.24) is 10.3 Å². The second-order valence-electron chi connectivity index (χ2n) is 7.18. The lowest BCUT2D eigenvalue weighted by molar-refractivity contribution is -0.384. The molecule has 0 saturated heterocycles. The maximum absolute atomic E-state index is 13.0. The van der Waals surface area contributed by atoms with Gasteiger partial charge in [-0.15, -0.1) is 11.3 Å². The molecule has 0 aliphatic carbocycles. The molecular formula is C23H18N4O5S. The molecule has 4 aromatic rings. The van der Waals surface area contributed by atoms with Crippen LogP contribution < -0.4 is 10.6 Å². The van der Waals surface area contributed by atoms with Crippen LogP contribution in [0.25, 0.3) is 10.2 Å². The van der Waals surface area contributed by atoms with Crippen molar-refractivity contribution in [2.45, 2.75) is 12.5 Å². The number of nitro groups is 1. The van der Waals surface area contributed by atoms with Crippen LogP contribution in [-0.2, 0) is 11.2 Å².